The van der Waals surface area contributed by atoms with Crippen LogP contribution in [0.4, 0.5) is 0 Å². The third-order valence-electron chi connectivity index (χ3n) is 4.49. The predicted octanol–water partition coefficient (Wildman–Crippen LogP) is 2.61. The predicted molar refractivity (Wildman–Crippen MR) is 88.3 cm³/mol. The number of amides is 2. The molecule has 1 aromatic rings. The zero-order valence-electron chi connectivity index (χ0n) is 13.4. The van der Waals surface area contributed by atoms with Crippen molar-refractivity contribution in [2.24, 2.45) is 5.92 Å². The molecule has 1 saturated heterocycles. The minimum absolute atomic E-state index is 0.0549. The molecule has 120 valence electrons. The van der Waals surface area contributed by atoms with E-state index >= 15 is 0 Å². The normalized spacial score (nSPS) is 21.0. The summed E-state index contributed by atoms with van der Waals surface area (Å²) in [5.41, 5.74) is 1.21. The smallest absolute Gasteiger partial charge is 0.263 e. The number of carbonyl (C=O) groups excluding carboxylic acids is 2. The molecule has 1 aliphatic carbocycles. The van der Waals surface area contributed by atoms with Crippen LogP contribution in [-0.4, -0.2) is 35.8 Å². The van der Waals surface area contributed by atoms with Crippen LogP contribution in [-0.2, 0) is 17.6 Å². The molecule has 0 aromatic carbocycles. The standard InChI is InChI=1S/C17H24N2O2S/c1-11(2)18-16(20)12-5-6-14-13(9-12)10-15(22-14)17(21)19-7-3-4-8-19/h10-12H,3-9H2,1-2H3,(H,18,20). The second-order valence-corrected chi connectivity index (χ2v) is 7.80. The van der Waals surface area contributed by atoms with Crippen molar-refractivity contribution in [3.05, 3.63) is 21.4 Å². The Hall–Kier alpha value is -1.36. The summed E-state index contributed by atoms with van der Waals surface area (Å²) in [5.74, 6) is 0.388. The van der Waals surface area contributed by atoms with E-state index < -0.39 is 0 Å². The second-order valence-electron chi connectivity index (χ2n) is 6.66. The summed E-state index contributed by atoms with van der Waals surface area (Å²) in [6, 6.07) is 2.22. The monoisotopic (exact) mass is 320 g/mol. The number of nitrogens with zero attached hydrogens (tertiary/aromatic N) is 1. The van der Waals surface area contributed by atoms with Gasteiger partial charge < -0.3 is 10.2 Å². The maximum Gasteiger partial charge on any atom is 0.263 e. The molecule has 1 atom stereocenters. The molecule has 1 unspecified atom stereocenters. The molecule has 5 heteroatoms. The van der Waals surface area contributed by atoms with E-state index in [2.05, 4.69) is 5.32 Å². The molecule has 2 amide bonds. The van der Waals surface area contributed by atoms with Crippen molar-refractivity contribution in [1.29, 1.82) is 0 Å². The molecule has 1 aromatic heterocycles. The summed E-state index contributed by atoms with van der Waals surface area (Å²) in [6.07, 6.45) is 4.83. The van der Waals surface area contributed by atoms with E-state index in [4.69, 9.17) is 0 Å². The number of fused-ring (bicyclic) bond motifs is 1. The van der Waals surface area contributed by atoms with Crippen molar-refractivity contribution in [2.75, 3.05) is 13.1 Å². The molecule has 1 N–H and O–H groups in total. The Labute approximate surface area is 135 Å². The molecule has 2 aliphatic rings. The summed E-state index contributed by atoms with van der Waals surface area (Å²) < 4.78 is 0. The average molecular weight is 320 g/mol. The topological polar surface area (TPSA) is 49.4 Å². The van der Waals surface area contributed by atoms with Crippen molar-refractivity contribution >= 4 is 23.2 Å². The lowest BCUT2D eigenvalue weighted by atomic mass is 9.87. The first-order chi connectivity index (χ1) is 10.5. The van der Waals surface area contributed by atoms with Crippen LogP contribution < -0.4 is 5.32 Å². The number of rotatable bonds is 3. The summed E-state index contributed by atoms with van der Waals surface area (Å²) in [5, 5.41) is 3.01. The van der Waals surface area contributed by atoms with Crippen LogP contribution in [0.15, 0.2) is 6.07 Å². The van der Waals surface area contributed by atoms with E-state index in [-0.39, 0.29) is 23.8 Å². The molecule has 4 nitrogen and oxygen atoms in total. The maximum atomic E-state index is 12.5. The van der Waals surface area contributed by atoms with Crippen LogP contribution in [0, 0.1) is 5.92 Å². The fourth-order valence-corrected chi connectivity index (χ4v) is 4.51. The summed E-state index contributed by atoms with van der Waals surface area (Å²) >= 11 is 1.64. The number of aryl methyl sites for hydroxylation is 1. The minimum Gasteiger partial charge on any atom is -0.354 e. The van der Waals surface area contributed by atoms with Crippen LogP contribution in [0.3, 0.4) is 0 Å². The summed E-state index contributed by atoms with van der Waals surface area (Å²) in [7, 11) is 0. The lowest BCUT2D eigenvalue weighted by molar-refractivity contribution is -0.125. The lowest BCUT2D eigenvalue weighted by Crippen LogP contribution is -2.37. The van der Waals surface area contributed by atoms with E-state index in [1.54, 1.807) is 11.3 Å². The highest BCUT2D eigenvalue weighted by Crippen LogP contribution is 2.33. The van der Waals surface area contributed by atoms with Crippen LogP contribution in [0.2, 0.25) is 0 Å². The van der Waals surface area contributed by atoms with Gasteiger partial charge in [-0.15, -0.1) is 11.3 Å². The van der Waals surface area contributed by atoms with Gasteiger partial charge in [0.1, 0.15) is 0 Å². The van der Waals surface area contributed by atoms with E-state index in [0.717, 1.165) is 50.1 Å². The third-order valence-corrected chi connectivity index (χ3v) is 5.71. The Balaban J connectivity index is 1.70. The highest BCUT2D eigenvalue weighted by atomic mass is 32.1. The van der Waals surface area contributed by atoms with Crippen LogP contribution in [0.25, 0.3) is 0 Å². The van der Waals surface area contributed by atoms with Crippen molar-refractivity contribution in [3.8, 4) is 0 Å². The van der Waals surface area contributed by atoms with E-state index in [0.29, 0.717) is 0 Å². The molecule has 0 saturated carbocycles. The molecule has 0 radical (unpaired) electrons. The van der Waals surface area contributed by atoms with Gasteiger partial charge in [0.05, 0.1) is 4.88 Å². The molecule has 0 spiro atoms. The minimum atomic E-state index is 0.0549. The highest BCUT2D eigenvalue weighted by Gasteiger charge is 2.29. The molecule has 0 bridgehead atoms. The fourth-order valence-electron chi connectivity index (χ4n) is 3.33. The Bertz CT molecular complexity index is 573. The first kappa shape index (κ1) is 15.5. The average Bonchev–Trinajstić information content (AvgIpc) is 3.14. The van der Waals surface area contributed by atoms with Gasteiger partial charge >= 0.3 is 0 Å². The summed E-state index contributed by atoms with van der Waals surface area (Å²) in [6.45, 7) is 5.76. The Morgan fingerprint density at radius 1 is 1.32 bits per heavy atom. The maximum absolute atomic E-state index is 12.5. The number of hydrogen-bond acceptors (Lipinski definition) is 3. The van der Waals surface area contributed by atoms with Gasteiger partial charge in [0.15, 0.2) is 0 Å². The van der Waals surface area contributed by atoms with Crippen molar-refractivity contribution in [2.45, 2.75) is 52.0 Å². The van der Waals surface area contributed by atoms with Crippen LogP contribution in [0.1, 0.15) is 53.2 Å². The van der Waals surface area contributed by atoms with Gasteiger partial charge in [-0.3, -0.25) is 9.59 Å². The second kappa shape index (κ2) is 6.41. The molecule has 3 rings (SSSR count). The number of nitrogens with one attached hydrogen (secondary N) is 1. The van der Waals surface area contributed by atoms with Gasteiger partial charge in [-0.1, -0.05) is 0 Å². The van der Waals surface area contributed by atoms with E-state index in [1.165, 1.54) is 10.4 Å². The lowest BCUT2D eigenvalue weighted by Gasteiger charge is -2.22. The molecule has 1 aliphatic heterocycles. The van der Waals surface area contributed by atoms with Crippen molar-refractivity contribution < 1.29 is 9.59 Å². The van der Waals surface area contributed by atoms with E-state index in [9.17, 15) is 9.59 Å². The zero-order valence-corrected chi connectivity index (χ0v) is 14.2. The SMILES string of the molecule is CC(C)NC(=O)C1CCc2sc(C(=O)N3CCCC3)cc2C1. The quantitative estimate of drug-likeness (QED) is 0.931. The fraction of sp³-hybridized carbons (Fsp3) is 0.647. The van der Waals surface area contributed by atoms with Gasteiger partial charge in [-0.2, -0.15) is 0 Å². The highest BCUT2D eigenvalue weighted by molar-refractivity contribution is 7.14. The zero-order chi connectivity index (χ0) is 15.7. The molecule has 22 heavy (non-hydrogen) atoms. The van der Waals surface area contributed by atoms with Crippen molar-refractivity contribution in [3.63, 3.8) is 0 Å². The van der Waals surface area contributed by atoms with Gasteiger partial charge in [0.25, 0.3) is 5.91 Å². The van der Waals surface area contributed by atoms with Gasteiger partial charge in [0, 0.05) is 29.9 Å². The molecular weight excluding hydrogens is 296 g/mol. The Kier molecular flexibility index (Phi) is 4.52. The largest absolute Gasteiger partial charge is 0.354 e. The van der Waals surface area contributed by atoms with Gasteiger partial charge in [-0.05, 0) is 57.6 Å². The third kappa shape index (κ3) is 3.19. The first-order valence-electron chi connectivity index (χ1n) is 8.26. The van der Waals surface area contributed by atoms with E-state index in [1.807, 2.05) is 24.8 Å². The number of carbonyl (C=O) groups is 2. The van der Waals surface area contributed by atoms with Crippen LogP contribution >= 0.6 is 11.3 Å². The van der Waals surface area contributed by atoms with Crippen LogP contribution in [0.5, 0.6) is 0 Å². The number of hydrogen-bond donors (Lipinski definition) is 1. The summed E-state index contributed by atoms with van der Waals surface area (Å²) in [4.78, 5) is 28.8. The Morgan fingerprint density at radius 3 is 2.73 bits per heavy atom. The Morgan fingerprint density at radius 2 is 2.05 bits per heavy atom. The van der Waals surface area contributed by atoms with Gasteiger partial charge in [0.2, 0.25) is 5.91 Å². The molecular formula is C17H24N2O2S. The first-order valence-corrected chi connectivity index (χ1v) is 9.07. The molecule has 1 fully saturated rings. The number of likely N-dealkylation sites (tertiary alicyclic amines) is 1. The number of thiophene rings is 1. The van der Waals surface area contributed by atoms with Crippen molar-refractivity contribution in [1.82, 2.24) is 10.2 Å². The van der Waals surface area contributed by atoms with Gasteiger partial charge in [-0.25, -0.2) is 0 Å². The molecule has 2 heterocycles.